The fourth-order valence-electron chi connectivity index (χ4n) is 2.65. The number of methoxy groups -OCH3 is 1. The minimum atomic E-state index is -3.27. The molecule has 4 nitrogen and oxygen atoms in total. The molecule has 2 rings (SSSR count). The molecular weight excluding hydrogens is 257 g/mol. The van der Waals surface area contributed by atoms with Gasteiger partial charge in [0.2, 0.25) is 0 Å². The number of rotatable bonds is 4. The molecule has 1 aromatic carbocycles. The van der Waals surface area contributed by atoms with Crippen LogP contribution < -0.4 is 5.73 Å². The van der Waals surface area contributed by atoms with Crippen LogP contribution in [0.3, 0.4) is 0 Å². The number of hydrogen-bond donors (Lipinski definition) is 1. The van der Waals surface area contributed by atoms with E-state index < -0.39 is 20.6 Å². The van der Waals surface area contributed by atoms with E-state index in [4.69, 9.17) is 10.5 Å². The second-order valence-corrected chi connectivity index (χ2v) is 6.99. The van der Waals surface area contributed by atoms with Gasteiger partial charge in [-0.3, -0.25) is 0 Å². The third kappa shape index (κ3) is 2.15. The van der Waals surface area contributed by atoms with Gasteiger partial charge in [-0.15, -0.1) is 0 Å². The van der Waals surface area contributed by atoms with Crippen LogP contribution in [0, 0.1) is 5.82 Å². The summed E-state index contributed by atoms with van der Waals surface area (Å²) in [5.74, 6) is -0.697. The summed E-state index contributed by atoms with van der Waals surface area (Å²) >= 11 is 0. The van der Waals surface area contributed by atoms with E-state index in [1.165, 1.54) is 25.5 Å². The molecule has 1 aromatic rings. The van der Waals surface area contributed by atoms with Crippen molar-refractivity contribution in [2.24, 2.45) is 5.73 Å². The predicted molar refractivity (Wildman–Crippen MR) is 66.6 cm³/mol. The van der Waals surface area contributed by atoms with Crippen LogP contribution in [0.5, 0.6) is 0 Å². The molecule has 1 saturated carbocycles. The van der Waals surface area contributed by atoms with Crippen LogP contribution in [-0.4, -0.2) is 39.2 Å². The number of ether oxygens (including phenoxy) is 1. The summed E-state index contributed by atoms with van der Waals surface area (Å²) in [7, 11) is -1.79. The Morgan fingerprint density at radius 3 is 2.39 bits per heavy atom. The highest BCUT2D eigenvalue weighted by molar-refractivity contribution is 7.91. The fourth-order valence-corrected chi connectivity index (χ4v) is 4.48. The van der Waals surface area contributed by atoms with Gasteiger partial charge in [0.15, 0.2) is 9.84 Å². The van der Waals surface area contributed by atoms with Gasteiger partial charge in [-0.25, -0.2) is 12.8 Å². The van der Waals surface area contributed by atoms with Gasteiger partial charge in [0.25, 0.3) is 0 Å². The molecular formula is C12H16FNO3S. The Labute approximate surface area is 106 Å². The third-order valence-corrected chi connectivity index (χ3v) is 5.02. The Balaban J connectivity index is 2.35. The van der Waals surface area contributed by atoms with Crippen LogP contribution in [0.25, 0.3) is 0 Å². The van der Waals surface area contributed by atoms with Crippen molar-refractivity contribution in [3.63, 3.8) is 0 Å². The molecule has 0 saturated heterocycles. The van der Waals surface area contributed by atoms with E-state index in [9.17, 15) is 12.8 Å². The Bertz CT molecular complexity index is 543. The smallest absolute Gasteiger partial charge is 0.152 e. The highest BCUT2D eigenvalue weighted by atomic mass is 32.2. The van der Waals surface area contributed by atoms with Gasteiger partial charge in [-0.05, 0) is 17.7 Å². The van der Waals surface area contributed by atoms with Crippen LogP contribution >= 0.6 is 0 Å². The lowest BCUT2D eigenvalue weighted by molar-refractivity contribution is 0.171. The molecule has 0 aromatic heterocycles. The molecule has 0 aliphatic heterocycles. The van der Waals surface area contributed by atoms with E-state index >= 15 is 0 Å². The van der Waals surface area contributed by atoms with E-state index in [1.54, 1.807) is 12.1 Å². The maximum atomic E-state index is 12.9. The van der Waals surface area contributed by atoms with Gasteiger partial charge < -0.3 is 10.5 Å². The van der Waals surface area contributed by atoms with E-state index in [0.717, 1.165) is 5.56 Å². The van der Waals surface area contributed by atoms with Crippen molar-refractivity contribution in [2.75, 3.05) is 20.0 Å². The number of halogens is 1. The molecule has 18 heavy (non-hydrogen) atoms. The summed E-state index contributed by atoms with van der Waals surface area (Å²) in [5, 5.41) is -0.671. The molecule has 0 radical (unpaired) electrons. The summed E-state index contributed by atoms with van der Waals surface area (Å²) in [6.45, 7) is 0.160. The van der Waals surface area contributed by atoms with Gasteiger partial charge in [0.05, 0.1) is 17.4 Å². The molecule has 1 fully saturated rings. The zero-order valence-electron chi connectivity index (χ0n) is 10.3. The molecule has 100 valence electrons. The quantitative estimate of drug-likeness (QED) is 0.876. The van der Waals surface area contributed by atoms with E-state index in [2.05, 4.69) is 0 Å². The predicted octanol–water partition coefficient (Wildman–Crippen LogP) is 0.680. The summed E-state index contributed by atoms with van der Waals surface area (Å²) in [6.07, 6.45) is 1.17. The highest BCUT2D eigenvalue weighted by Gasteiger charge is 2.67. The van der Waals surface area contributed by atoms with Gasteiger partial charge in [-0.1, -0.05) is 12.1 Å². The van der Waals surface area contributed by atoms with Gasteiger partial charge in [-0.2, -0.15) is 0 Å². The van der Waals surface area contributed by atoms with Crippen molar-refractivity contribution in [1.29, 1.82) is 0 Å². The maximum absolute atomic E-state index is 12.9. The Morgan fingerprint density at radius 1 is 1.39 bits per heavy atom. The average Bonchev–Trinajstić information content (AvgIpc) is 2.86. The van der Waals surface area contributed by atoms with Gasteiger partial charge >= 0.3 is 0 Å². The number of sulfone groups is 1. The topological polar surface area (TPSA) is 69.4 Å². The number of hydrogen-bond acceptors (Lipinski definition) is 4. The second kappa shape index (κ2) is 4.29. The van der Waals surface area contributed by atoms with Crippen LogP contribution in [0.1, 0.15) is 11.5 Å². The van der Waals surface area contributed by atoms with Crippen LogP contribution in [-0.2, 0) is 14.6 Å². The maximum Gasteiger partial charge on any atom is 0.152 e. The SMILES string of the molecule is COC[C@]1(N)[C@H](c2ccc(F)cc2)[C@H]1S(C)(=O)=O. The minimum Gasteiger partial charge on any atom is -0.383 e. The molecule has 6 heteroatoms. The van der Waals surface area contributed by atoms with Crippen molar-refractivity contribution in [3.05, 3.63) is 35.6 Å². The third-order valence-electron chi connectivity index (χ3n) is 3.39. The van der Waals surface area contributed by atoms with Gasteiger partial charge in [0.1, 0.15) is 5.82 Å². The first-order chi connectivity index (χ1) is 8.30. The van der Waals surface area contributed by atoms with Crippen LogP contribution in [0.15, 0.2) is 24.3 Å². The summed E-state index contributed by atoms with van der Waals surface area (Å²) < 4.78 is 41.3. The molecule has 0 heterocycles. The van der Waals surface area contributed by atoms with E-state index in [1.807, 2.05) is 0 Å². The fraction of sp³-hybridized carbons (Fsp3) is 0.500. The van der Waals surface area contributed by atoms with Crippen molar-refractivity contribution in [2.45, 2.75) is 16.7 Å². The van der Waals surface area contributed by atoms with Crippen molar-refractivity contribution >= 4 is 9.84 Å². The van der Waals surface area contributed by atoms with Crippen molar-refractivity contribution < 1.29 is 17.5 Å². The molecule has 3 atom stereocenters. The van der Waals surface area contributed by atoms with Crippen molar-refractivity contribution in [1.82, 2.24) is 0 Å². The first kappa shape index (κ1) is 13.5. The van der Waals surface area contributed by atoms with Crippen LogP contribution in [0.2, 0.25) is 0 Å². The lowest BCUT2D eigenvalue weighted by Gasteiger charge is -2.10. The van der Waals surface area contributed by atoms with Crippen LogP contribution in [0.4, 0.5) is 4.39 Å². The molecule has 0 bridgehead atoms. The zero-order valence-corrected chi connectivity index (χ0v) is 11.1. The lowest BCUT2D eigenvalue weighted by Crippen LogP contribution is -2.35. The number of nitrogens with two attached hydrogens (primary N) is 1. The largest absolute Gasteiger partial charge is 0.383 e. The first-order valence-corrected chi connectivity index (χ1v) is 7.48. The molecule has 1 aliphatic carbocycles. The summed E-state index contributed by atoms with van der Waals surface area (Å²) in [6, 6.07) is 5.76. The molecule has 0 spiro atoms. The molecule has 2 N–H and O–H groups in total. The molecule has 0 amide bonds. The normalized spacial score (nSPS) is 31.3. The summed E-state index contributed by atoms with van der Waals surface area (Å²) in [4.78, 5) is 0. The highest BCUT2D eigenvalue weighted by Crippen LogP contribution is 2.53. The lowest BCUT2D eigenvalue weighted by atomic mass is 10.1. The second-order valence-electron chi connectivity index (χ2n) is 4.82. The Hall–Kier alpha value is -0.980. The molecule has 0 unspecified atom stereocenters. The summed E-state index contributed by atoms with van der Waals surface area (Å²) in [5.41, 5.74) is 5.92. The monoisotopic (exact) mass is 273 g/mol. The average molecular weight is 273 g/mol. The van der Waals surface area contributed by atoms with Crippen molar-refractivity contribution in [3.8, 4) is 0 Å². The standard InChI is InChI=1S/C12H16FNO3S/c1-17-7-12(14)10(11(12)18(2,15)16)8-3-5-9(13)6-4-8/h3-6,10-11H,7,14H2,1-2H3/t10-,11-,12+/m1/s1. The Kier molecular flexibility index (Phi) is 3.21. The Morgan fingerprint density at radius 2 is 1.94 bits per heavy atom. The molecule has 1 aliphatic rings. The number of benzene rings is 1. The minimum absolute atomic E-state index is 0.160. The van der Waals surface area contributed by atoms with E-state index in [0.29, 0.717) is 0 Å². The first-order valence-electron chi connectivity index (χ1n) is 5.53. The van der Waals surface area contributed by atoms with Gasteiger partial charge in [0, 0.05) is 19.3 Å². The zero-order chi connectivity index (χ0) is 13.6. The van der Waals surface area contributed by atoms with E-state index in [-0.39, 0.29) is 18.3 Å².